The van der Waals surface area contributed by atoms with E-state index in [0.29, 0.717) is 5.82 Å². The molecule has 0 unspecified atom stereocenters. The SMILES string of the molecule is CCCN1Cc2nc(C)nc(N)c2C1. The van der Waals surface area contributed by atoms with Crippen molar-refractivity contribution in [3.8, 4) is 0 Å². The molecule has 0 saturated carbocycles. The number of fused-ring (bicyclic) bond motifs is 1. The highest BCUT2D eigenvalue weighted by Gasteiger charge is 2.22. The molecule has 1 aliphatic rings. The minimum absolute atomic E-state index is 0.658. The Hall–Kier alpha value is -1.16. The van der Waals surface area contributed by atoms with E-state index in [-0.39, 0.29) is 0 Å². The van der Waals surface area contributed by atoms with Gasteiger partial charge in [-0.15, -0.1) is 0 Å². The molecule has 0 aliphatic carbocycles. The van der Waals surface area contributed by atoms with E-state index in [2.05, 4.69) is 21.8 Å². The molecule has 76 valence electrons. The van der Waals surface area contributed by atoms with Crippen molar-refractivity contribution < 1.29 is 0 Å². The van der Waals surface area contributed by atoms with Crippen molar-refractivity contribution in [2.45, 2.75) is 33.4 Å². The van der Waals surface area contributed by atoms with Crippen LogP contribution in [0.15, 0.2) is 0 Å². The van der Waals surface area contributed by atoms with Gasteiger partial charge in [0.25, 0.3) is 0 Å². The van der Waals surface area contributed by atoms with Crippen LogP contribution in [0.25, 0.3) is 0 Å². The molecule has 0 bridgehead atoms. The molecule has 0 amide bonds. The van der Waals surface area contributed by atoms with Crippen LogP contribution in [0.1, 0.15) is 30.4 Å². The Bertz CT molecular complexity index is 348. The predicted molar refractivity (Wildman–Crippen MR) is 55.6 cm³/mol. The first-order valence-electron chi connectivity index (χ1n) is 5.05. The zero-order chi connectivity index (χ0) is 10.1. The number of aryl methyl sites for hydroxylation is 1. The number of nitrogen functional groups attached to an aromatic ring is 1. The van der Waals surface area contributed by atoms with E-state index >= 15 is 0 Å². The van der Waals surface area contributed by atoms with Crippen LogP contribution in [-0.4, -0.2) is 21.4 Å². The van der Waals surface area contributed by atoms with Crippen molar-refractivity contribution in [1.29, 1.82) is 0 Å². The third-order valence-corrected chi connectivity index (χ3v) is 2.53. The van der Waals surface area contributed by atoms with Gasteiger partial charge in [0.05, 0.1) is 5.69 Å². The lowest BCUT2D eigenvalue weighted by Crippen LogP contribution is -2.17. The molecule has 1 aromatic heterocycles. The summed E-state index contributed by atoms with van der Waals surface area (Å²) in [5.74, 6) is 1.44. The number of aromatic nitrogens is 2. The summed E-state index contributed by atoms with van der Waals surface area (Å²) < 4.78 is 0. The molecule has 0 radical (unpaired) electrons. The Morgan fingerprint density at radius 2 is 2.14 bits per heavy atom. The number of nitrogens with two attached hydrogens (primary N) is 1. The molecular weight excluding hydrogens is 176 g/mol. The first kappa shape index (κ1) is 9.40. The monoisotopic (exact) mass is 192 g/mol. The maximum atomic E-state index is 5.85. The second-order valence-corrected chi connectivity index (χ2v) is 3.79. The van der Waals surface area contributed by atoms with Crippen LogP contribution >= 0.6 is 0 Å². The van der Waals surface area contributed by atoms with Gasteiger partial charge in [0.2, 0.25) is 0 Å². The van der Waals surface area contributed by atoms with E-state index < -0.39 is 0 Å². The van der Waals surface area contributed by atoms with Crippen molar-refractivity contribution in [2.24, 2.45) is 0 Å². The number of hydrogen-bond donors (Lipinski definition) is 1. The molecule has 0 aromatic carbocycles. The van der Waals surface area contributed by atoms with Crippen molar-refractivity contribution in [3.63, 3.8) is 0 Å². The van der Waals surface area contributed by atoms with Gasteiger partial charge in [-0.1, -0.05) is 6.92 Å². The first-order valence-corrected chi connectivity index (χ1v) is 5.05. The fourth-order valence-electron chi connectivity index (χ4n) is 1.95. The van der Waals surface area contributed by atoms with E-state index in [1.54, 1.807) is 0 Å². The van der Waals surface area contributed by atoms with Crippen molar-refractivity contribution in [1.82, 2.24) is 14.9 Å². The number of rotatable bonds is 2. The van der Waals surface area contributed by atoms with Crippen molar-refractivity contribution in [3.05, 3.63) is 17.1 Å². The largest absolute Gasteiger partial charge is 0.383 e. The van der Waals surface area contributed by atoms with Gasteiger partial charge in [0, 0.05) is 18.7 Å². The molecule has 14 heavy (non-hydrogen) atoms. The summed E-state index contributed by atoms with van der Waals surface area (Å²) in [6, 6.07) is 0. The average Bonchev–Trinajstić information content (AvgIpc) is 2.48. The smallest absolute Gasteiger partial charge is 0.131 e. The third-order valence-electron chi connectivity index (χ3n) is 2.53. The zero-order valence-corrected chi connectivity index (χ0v) is 8.75. The lowest BCUT2D eigenvalue weighted by molar-refractivity contribution is 0.283. The van der Waals surface area contributed by atoms with Gasteiger partial charge in [0.15, 0.2) is 0 Å². The number of anilines is 1. The molecule has 4 heteroatoms. The Morgan fingerprint density at radius 3 is 2.86 bits per heavy atom. The van der Waals surface area contributed by atoms with Gasteiger partial charge in [-0.25, -0.2) is 9.97 Å². The standard InChI is InChI=1S/C10H16N4/c1-3-4-14-5-8-9(6-14)12-7(2)13-10(8)11/h3-6H2,1-2H3,(H2,11,12,13). The fraction of sp³-hybridized carbons (Fsp3) is 0.600. The average molecular weight is 192 g/mol. The zero-order valence-electron chi connectivity index (χ0n) is 8.75. The van der Waals surface area contributed by atoms with Crippen molar-refractivity contribution >= 4 is 5.82 Å². The van der Waals surface area contributed by atoms with Gasteiger partial charge in [-0.2, -0.15) is 0 Å². The summed E-state index contributed by atoms with van der Waals surface area (Å²) in [5.41, 5.74) is 8.10. The van der Waals surface area contributed by atoms with Gasteiger partial charge in [0.1, 0.15) is 11.6 Å². The summed E-state index contributed by atoms with van der Waals surface area (Å²) in [4.78, 5) is 11.0. The number of hydrogen-bond acceptors (Lipinski definition) is 4. The maximum absolute atomic E-state index is 5.85. The van der Waals surface area contributed by atoms with Crippen LogP contribution in [0.3, 0.4) is 0 Å². The minimum atomic E-state index is 0.658. The molecule has 0 fully saturated rings. The topological polar surface area (TPSA) is 55.0 Å². The normalized spacial score (nSPS) is 15.9. The molecule has 0 spiro atoms. The Morgan fingerprint density at radius 1 is 1.36 bits per heavy atom. The first-order chi connectivity index (χ1) is 6.70. The van der Waals surface area contributed by atoms with Crippen LogP contribution in [0.5, 0.6) is 0 Å². The molecule has 1 aliphatic heterocycles. The summed E-state index contributed by atoms with van der Waals surface area (Å²) in [5, 5.41) is 0. The highest BCUT2D eigenvalue weighted by atomic mass is 15.2. The molecule has 2 N–H and O–H groups in total. The van der Waals surface area contributed by atoms with Gasteiger partial charge >= 0.3 is 0 Å². The van der Waals surface area contributed by atoms with E-state index in [1.807, 2.05) is 6.92 Å². The van der Waals surface area contributed by atoms with Crippen LogP contribution in [0.4, 0.5) is 5.82 Å². The van der Waals surface area contributed by atoms with E-state index in [9.17, 15) is 0 Å². The second-order valence-electron chi connectivity index (χ2n) is 3.79. The quantitative estimate of drug-likeness (QED) is 0.762. The van der Waals surface area contributed by atoms with Crippen LogP contribution in [0.2, 0.25) is 0 Å². The molecule has 4 nitrogen and oxygen atoms in total. The Balaban J connectivity index is 2.26. The van der Waals surface area contributed by atoms with Gasteiger partial charge in [-0.05, 0) is 19.9 Å². The van der Waals surface area contributed by atoms with Crippen LogP contribution in [-0.2, 0) is 13.1 Å². The van der Waals surface area contributed by atoms with E-state index in [1.165, 1.54) is 6.42 Å². The lowest BCUT2D eigenvalue weighted by atomic mass is 10.2. The summed E-state index contributed by atoms with van der Waals surface area (Å²) >= 11 is 0. The molecule has 1 aromatic rings. The highest BCUT2D eigenvalue weighted by molar-refractivity contribution is 5.44. The molecule has 0 saturated heterocycles. The van der Waals surface area contributed by atoms with Gasteiger partial charge < -0.3 is 5.73 Å². The molecule has 2 heterocycles. The van der Waals surface area contributed by atoms with Crippen LogP contribution in [0, 0.1) is 6.92 Å². The number of nitrogens with zero attached hydrogens (tertiary/aromatic N) is 3. The van der Waals surface area contributed by atoms with E-state index in [4.69, 9.17) is 5.73 Å². The maximum Gasteiger partial charge on any atom is 0.131 e. The van der Waals surface area contributed by atoms with Crippen LogP contribution < -0.4 is 5.73 Å². The second kappa shape index (κ2) is 3.53. The van der Waals surface area contributed by atoms with E-state index in [0.717, 1.165) is 36.7 Å². The Kier molecular flexibility index (Phi) is 2.37. The molecule has 0 atom stereocenters. The Labute approximate surface area is 84.2 Å². The highest BCUT2D eigenvalue weighted by Crippen LogP contribution is 2.24. The minimum Gasteiger partial charge on any atom is -0.383 e. The lowest BCUT2D eigenvalue weighted by Gasteiger charge is -2.11. The summed E-state index contributed by atoms with van der Waals surface area (Å²) in [6.45, 7) is 7.02. The molecule has 2 rings (SSSR count). The van der Waals surface area contributed by atoms with Crippen molar-refractivity contribution in [2.75, 3.05) is 12.3 Å². The molecular formula is C10H16N4. The van der Waals surface area contributed by atoms with Gasteiger partial charge in [-0.3, -0.25) is 4.90 Å². The predicted octanol–water partition coefficient (Wildman–Crippen LogP) is 1.09. The summed E-state index contributed by atoms with van der Waals surface area (Å²) in [6.07, 6.45) is 1.17. The fourth-order valence-corrected chi connectivity index (χ4v) is 1.95. The summed E-state index contributed by atoms with van der Waals surface area (Å²) in [7, 11) is 0. The third kappa shape index (κ3) is 1.57.